The monoisotopic (exact) mass is 336 g/mol. The van der Waals surface area contributed by atoms with Gasteiger partial charge in [0.2, 0.25) is 5.91 Å². The van der Waals surface area contributed by atoms with Crippen molar-refractivity contribution in [3.05, 3.63) is 40.7 Å². The number of aryl methyl sites for hydroxylation is 2. The molecule has 3 nitrogen and oxygen atoms in total. The Bertz CT molecular complexity index is 631. The molecule has 0 radical (unpaired) electrons. The molecule has 0 saturated carbocycles. The van der Waals surface area contributed by atoms with Crippen LogP contribution < -0.4 is 5.32 Å². The number of thioether (sulfide) groups is 1. The second-order valence-corrected chi connectivity index (χ2v) is 7.37. The van der Waals surface area contributed by atoms with Crippen molar-refractivity contribution in [3.63, 3.8) is 0 Å². The summed E-state index contributed by atoms with van der Waals surface area (Å²) < 4.78 is 12.8. The third-order valence-electron chi connectivity index (χ3n) is 3.53. The fourth-order valence-electron chi connectivity index (χ4n) is 2.42. The van der Waals surface area contributed by atoms with E-state index in [9.17, 15) is 9.18 Å². The van der Waals surface area contributed by atoms with Crippen molar-refractivity contribution in [2.75, 3.05) is 11.1 Å². The summed E-state index contributed by atoms with van der Waals surface area (Å²) in [7, 11) is 0. The van der Waals surface area contributed by atoms with Crippen LogP contribution in [0, 0.1) is 5.82 Å². The van der Waals surface area contributed by atoms with Gasteiger partial charge >= 0.3 is 0 Å². The summed E-state index contributed by atoms with van der Waals surface area (Å²) in [6, 6.07) is 6.16. The van der Waals surface area contributed by atoms with Crippen LogP contribution in [0.1, 0.15) is 29.8 Å². The van der Waals surface area contributed by atoms with E-state index >= 15 is 0 Å². The highest BCUT2D eigenvalue weighted by Gasteiger charge is 2.15. The maximum Gasteiger partial charge on any atom is 0.236 e. The zero-order chi connectivity index (χ0) is 15.4. The number of aromatic nitrogens is 1. The van der Waals surface area contributed by atoms with E-state index in [0.29, 0.717) is 10.9 Å². The molecular weight excluding hydrogens is 319 g/mol. The van der Waals surface area contributed by atoms with Crippen LogP contribution in [0.5, 0.6) is 0 Å². The summed E-state index contributed by atoms with van der Waals surface area (Å²) in [6.07, 6.45) is 5.76. The van der Waals surface area contributed by atoms with Crippen molar-refractivity contribution >= 4 is 34.1 Å². The molecule has 22 heavy (non-hydrogen) atoms. The first-order valence-corrected chi connectivity index (χ1v) is 9.18. The summed E-state index contributed by atoms with van der Waals surface area (Å²) in [5.74, 6) is -0.0353. The van der Waals surface area contributed by atoms with Crippen molar-refractivity contribution in [1.82, 2.24) is 4.98 Å². The number of anilines is 1. The van der Waals surface area contributed by atoms with Gasteiger partial charge in [-0.2, -0.15) is 0 Å². The Morgan fingerprint density at radius 1 is 1.23 bits per heavy atom. The molecule has 1 aliphatic carbocycles. The second-order valence-electron chi connectivity index (χ2n) is 5.24. The first-order chi connectivity index (χ1) is 10.7. The molecule has 1 heterocycles. The van der Waals surface area contributed by atoms with Gasteiger partial charge in [0.05, 0.1) is 11.4 Å². The molecule has 1 aromatic carbocycles. The lowest BCUT2D eigenvalue weighted by Crippen LogP contribution is -2.13. The van der Waals surface area contributed by atoms with Crippen LogP contribution in [-0.4, -0.2) is 16.6 Å². The van der Waals surface area contributed by atoms with Gasteiger partial charge in [0, 0.05) is 9.77 Å². The zero-order valence-corrected chi connectivity index (χ0v) is 13.7. The number of benzene rings is 1. The third-order valence-corrected chi connectivity index (χ3v) is 5.61. The van der Waals surface area contributed by atoms with E-state index in [4.69, 9.17) is 0 Å². The molecule has 0 spiro atoms. The van der Waals surface area contributed by atoms with Crippen molar-refractivity contribution in [1.29, 1.82) is 0 Å². The lowest BCUT2D eigenvalue weighted by atomic mass is 10.2. The van der Waals surface area contributed by atoms with E-state index in [0.717, 1.165) is 23.4 Å². The molecule has 0 unspecified atom stereocenters. The minimum atomic E-state index is -0.266. The predicted octanol–water partition coefficient (Wildman–Crippen LogP) is 4.28. The average molecular weight is 336 g/mol. The highest BCUT2D eigenvalue weighted by atomic mass is 32.2. The van der Waals surface area contributed by atoms with Gasteiger partial charge in [0.15, 0.2) is 5.13 Å². The summed E-state index contributed by atoms with van der Waals surface area (Å²) in [6.45, 7) is 0. The third kappa shape index (κ3) is 4.08. The predicted molar refractivity (Wildman–Crippen MR) is 89.1 cm³/mol. The Balaban J connectivity index is 1.54. The zero-order valence-electron chi connectivity index (χ0n) is 12.1. The van der Waals surface area contributed by atoms with Gasteiger partial charge in [0.25, 0.3) is 0 Å². The summed E-state index contributed by atoms with van der Waals surface area (Å²) in [5, 5.41) is 3.58. The molecule has 3 rings (SSSR count). The number of amides is 1. The molecule has 1 aliphatic rings. The number of hydrogen-bond acceptors (Lipinski definition) is 4. The van der Waals surface area contributed by atoms with Gasteiger partial charge in [-0.05, 0) is 49.9 Å². The number of nitrogens with zero attached hydrogens (tertiary/aromatic N) is 1. The fourth-order valence-corrected chi connectivity index (χ4v) is 4.18. The minimum Gasteiger partial charge on any atom is -0.301 e. The number of hydrogen-bond donors (Lipinski definition) is 1. The largest absolute Gasteiger partial charge is 0.301 e. The Labute approximate surface area is 137 Å². The molecule has 0 fully saturated rings. The van der Waals surface area contributed by atoms with E-state index in [2.05, 4.69) is 10.3 Å². The lowest BCUT2D eigenvalue weighted by molar-refractivity contribution is -0.113. The molecule has 0 saturated heterocycles. The van der Waals surface area contributed by atoms with Gasteiger partial charge in [-0.25, -0.2) is 9.37 Å². The lowest BCUT2D eigenvalue weighted by Gasteiger charge is -2.02. The Morgan fingerprint density at radius 2 is 2.00 bits per heavy atom. The van der Waals surface area contributed by atoms with Gasteiger partial charge in [-0.15, -0.1) is 23.1 Å². The van der Waals surface area contributed by atoms with Gasteiger partial charge in [-0.1, -0.05) is 6.42 Å². The minimum absolute atomic E-state index is 0.0711. The van der Waals surface area contributed by atoms with Crippen molar-refractivity contribution in [2.24, 2.45) is 0 Å². The van der Waals surface area contributed by atoms with Crippen LogP contribution in [0.3, 0.4) is 0 Å². The summed E-state index contributed by atoms with van der Waals surface area (Å²) in [5.41, 5.74) is 1.16. The van der Waals surface area contributed by atoms with Crippen LogP contribution in [0.15, 0.2) is 29.2 Å². The molecule has 0 bridgehead atoms. The number of carbonyl (C=O) groups excluding carboxylic acids is 1. The van der Waals surface area contributed by atoms with Crippen LogP contribution in [0.25, 0.3) is 0 Å². The van der Waals surface area contributed by atoms with Crippen molar-refractivity contribution < 1.29 is 9.18 Å². The first kappa shape index (κ1) is 15.5. The molecule has 1 amide bonds. The number of carbonyl (C=O) groups is 1. The second kappa shape index (κ2) is 7.24. The standard InChI is InChI=1S/C16H17FN2OS2/c17-11-6-8-12(9-7-11)21-10-15(20)19-16-18-13-4-2-1-3-5-14(13)22-16/h6-9H,1-5,10H2,(H,18,19,20). The fraction of sp³-hybridized carbons (Fsp3) is 0.375. The normalized spacial score (nSPS) is 14.2. The van der Waals surface area contributed by atoms with Gasteiger partial charge < -0.3 is 5.32 Å². The van der Waals surface area contributed by atoms with Crippen LogP contribution in [-0.2, 0) is 17.6 Å². The first-order valence-electron chi connectivity index (χ1n) is 7.37. The molecule has 116 valence electrons. The van der Waals surface area contributed by atoms with E-state index in [1.807, 2.05) is 0 Å². The quantitative estimate of drug-likeness (QED) is 0.669. The number of thiazole rings is 1. The number of rotatable bonds is 4. The number of nitrogens with one attached hydrogen (secondary N) is 1. The van der Waals surface area contributed by atoms with Crippen LogP contribution >= 0.6 is 23.1 Å². The smallest absolute Gasteiger partial charge is 0.236 e. The van der Waals surface area contributed by atoms with E-state index < -0.39 is 0 Å². The summed E-state index contributed by atoms with van der Waals surface area (Å²) >= 11 is 2.99. The van der Waals surface area contributed by atoms with Crippen molar-refractivity contribution in [3.8, 4) is 0 Å². The van der Waals surface area contributed by atoms with Crippen LogP contribution in [0.4, 0.5) is 9.52 Å². The Morgan fingerprint density at radius 3 is 2.82 bits per heavy atom. The molecule has 1 N–H and O–H groups in total. The number of fused-ring (bicyclic) bond motifs is 1. The molecular formula is C16H17FN2OS2. The van der Waals surface area contributed by atoms with Crippen LogP contribution in [0.2, 0.25) is 0 Å². The Hall–Kier alpha value is -1.40. The molecule has 1 aromatic heterocycles. The molecule has 6 heteroatoms. The highest BCUT2D eigenvalue weighted by Crippen LogP contribution is 2.29. The average Bonchev–Trinajstić information content (AvgIpc) is 2.75. The highest BCUT2D eigenvalue weighted by molar-refractivity contribution is 8.00. The van der Waals surface area contributed by atoms with E-state index in [1.165, 1.54) is 48.0 Å². The van der Waals surface area contributed by atoms with E-state index in [1.54, 1.807) is 23.5 Å². The Kier molecular flexibility index (Phi) is 5.10. The number of halogens is 1. The molecule has 0 aliphatic heterocycles. The van der Waals surface area contributed by atoms with Crippen molar-refractivity contribution in [2.45, 2.75) is 37.0 Å². The summed E-state index contributed by atoms with van der Waals surface area (Å²) in [4.78, 5) is 18.7. The molecule has 0 atom stereocenters. The maximum atomic E-state index is 12.8. The van der Waals surface area contributed by atoms with Gasteiger partial charge in [-0.3, -0.25) is 4.79 Å². The van der Waals surface area contributed by atoms with E-state index in [-0.39, 0.29) is 11.7 Å². The topological polar surface area (TPSA) is 42.0 Å². The maximum absolute atomic E-state index is 12.8. The molecule has 2 aromatic rings. The van der Waals surface area contributed by atoms with Gasteiger partial charge in [0.1, 0.15) is 5.82 Å². The SMILES string of the molecule is O=C(CSc1ccc(F)cc1)Nc1nc2c(s1)CCCCC2.